The van der Waals surface area contributed by atoms with Crippen LogP contribution >= 0.6 is 11.6 Å². The molecule has 3 aromatic rings. The van der Waals surface area contributed by atoms with Crippen molar-refractivity contribution in [3.8, 4) is 5.75 Å². The van der Waals surface area contributed by atoms with Gasteiger partial charge in [0.05, 0.1) is 11.7 Å². The number of hydrogen-bond donors (Lipinski definition) is 1. The molecule has 1 N–H and O–H groups in total. The van der Waals surface area contributed by atoms with Gasteiger partial charge in [0.1, 0.15) is 10.9 Å². The number of nitrogens with one attached hydrogen (secondary N) is 1. The first-order valence-corrected chi connectivity index (χ1v) is 8.48. The molecule has 0 saturated carbocycles. The first-order chi connectivity index (χ1) is 12.5. The van der Waals surface area contributed by atoms with E-state index in [0.717, 1.165) is 16.5 Å². The second kappa shape index (κ2) is 7.97. The van der Waals surface area contributed by atoms with Crippen LogP contribution < -0.4 is 10.2 Å². The van der Waals surface area contributed by atoms with Crippen molar-refractivity contribution in [2.24, 2.45) is 5.10 Å². The highest BCUT2D eigenvalue weighted by molar-refractivity contribution is 6.32. The highest BCUT2D eigenvalue weighted by atomic mass is 35.5. The van der Waals surface area contributed by atoms with Gasteiger partial charge in [0.2, 0.25) is 0 Å². The zero-order valence-corrected chi connectivity index (χ0v) is 15.2. The summed E-state index contributed by atoms with van der Waals surface area (Å²) in [6, 6.07) is 15.2. The third-order valence-electron chi connectivity index (χ3n) is 3.95. The van der Waals surface area contributed by atoms with Gasteiger partial charge in [0, 0.05) is 10.9 Å². The van der Waals surface area contributed by atoms with Crippen LogP contribution in [0.2, 0.25) is 5.15 Å². The molecule has 0 spiro atoms. The van der Waals surface area contributed by atoms with Crippen LogP contribution in [0.4, 0.5) is 0 Å². The van der Waals surface area contributed by atoms with Crippen LogP contribution in [-0.2, 0) is 4.79 Å². The van der Waals surface area contributed by atoms with Gasteiger partial charge in [0.15, 0.2) is 6.61 Å². The molecule has 0 saturated heterocycles. The second-order valence-corrected chi connectivity index (χ2v) is 6.25. The Morgan fingerprint density at radius 2 is 2.00 bits per heavy atom. The van der Waals surface area contributed by atoms with E-state index in [-0.39, 0.29) is 12.5 Å². The van der Waals surface area contributed by atoms with Crippen LogP contribution in [0.5, 0.6) is 5.75 Å². The molecule has 0 fully saturated rings. The highest BCUT2D eigenvalue weighted by Crippen LogP contribution is 2.19. The van der Waals surface area contributed by atoms with Crippen LogP contribution in [0, 0.1) is 13.8 Å². The lowest BCUT2D eigenvalue weighted by atomic mass is 10.1. The maximum absolute atomic E-state index is 11.9. The van der Waals surface area contributed by atoms with E-state index in [2.05, 4.69) is 15.5 Å². The highest BCUT2D eigenvalue weighted by Gasteiger charge is 2.05. The van der Waals surface area contributed by atoms with Gasteiger partial charge in [-0.1, -0.05) is 35.9 Å². The summed E-state index contributed by atoms with van der Waals surface area (Å²) in [4.78, 5) is 16.2. The van der Waals surface area contributed by atoms with E-state index in [1.165, 1.54) is 11.8 Å². The van der Waals surface area contributed by atoms with E-state index in [4.69, 9.17) is 16.3 Å². The number of rotatable bonds is 5. The van der Waals surface area contributed by atoms with Gasteiger partial charge >= 0.3 is 0 Å². The Labute approximate surface area is 156 Å². The van der Waals surface area contributed by atoms with Gasteiger partial charge < -0.3 is 4.74 Å². The Morgan fingerprint density at radius 3 is 2.81 bits per heavy atom. The number of halogens is 1. The quantitative estimate of drug-likeness (QED) is 0.420. The standard InChI is InChI=1S/C20H18ClN3O2/c1-13-7-8-17(9-14(13)2)26-12-19(25)24-22-11-16-10-15-5-3-4-6-18(15)23-20(16)21/h3-11H,12H2,1-2H3,(H,24,25)/b22-11-. The SMILES string of the molecule is Cc1ccc(OCC(=O)N/N=C\c2cc3ccccc3nc2Cl)cc1C. The molecular formula is C20H18ClN3O2. The van der Waals surface area contributed by atoms with Gasteiger partial charge in [-0.15, -0.1) is 0 Å². The topological polar surface area (TPSA) is 63.6 Å². The van der Waals surface area contributed by atoms with E-state index in [0.29, 0.717) is 16.5 Å². The summed E-state index contributed by atoms with van der Waals surface area (Å²) in [6.07, 6.45) is 1.47. The molecule has 0 aliphatic carbocycles. The van der Waals surface area contributed by atoms with Gasteiger partial charge in [-0.25, -0.2) is 10.4 Å². The minimum Gasteiger partial charge on any atom is -0.484 e. The molecule has 132 valence electrons. The van der Waals surface area contributed by atoms with E-state index in [1.807, 2.05) is 62.4 Å². The summed E-state index contributed by atoms with van der Waals surface area (Å²) < 4.78 is 5.46. The van der Waals surface area contributed by atoms with Gasteiger partial charge in [-0.3, -0.25) is 4.79 Å². The van der Waals surface area contributed by atoms with Crippen molar-refractivity contribution in [1.29, 1.82) is 0 Å². The molecule has 1 aromatic heterocycles. The Hall–Kier alpha value is -2.92. The molecule has 26 heavy (non-hydrogen) atoms. The molecule has 0 atom stereocenters. The molecule has 2 aromatic carbocycles. The first-order valence-electron chi connectivity index (χ1n) is 8.10. The van der Waals surface area contributed by atoms with Crippen molar-refractivity contribution in [3.05, 3.63) is 70.4 Å². The average molecular weight is 368 g/mol. The second-order valence-electron chi connectivity index (χ2n) is 5.89. The number of hydrogen-bond acceptors (Lipinski definition) is 4. The predicted octanol–water partition coefficient (Wildman–Crippen LogP) is 4.03. The monoisotopic (exact) mass is 367 g/mol. The predicted molar refractivity (Wildman–Crippen MR) is 104 cm³/mol. The minimum atomic E-state index is -0.357. The molecule has 1 heterocycles. The summed E-state index contributed by atoms with van der Waals surface area (Å²) in [5.41, 5.74) is 6.14. The Morgan fingerprint density at radius 1 is 1.19 bits per heavy atom. The van der Waals surface area contributed by atoms with Crippen molar-refractivity contribution in [3.63, 3.8) is 0 Å². The molecular weight excluding hydrogens is 350 g/mol. The van der Waals surface area contributed by atoms with E-state index in [9.17, 15) is 4.79 Å². The fourth-order valence-corrected chi connectivity index (χ4v) is 2.55. The van der Waals surface area contributed by atoms with Gasteiger partial charge in [-0.05, 0) is 49.2 Å². The number of pyridine rings is 1. The molecule has 0 unspecified atom stereocenters. The lowest BCUT2D eigenvalue weighted by molar-refractivity contribution is -0.123. The number of carbonyl (C=O) groups excluding carboxylic acids is 1. The number of benzene rings is 2. The largest absolute Gasteiger partial charge is 0.484 e. The number of amides is 1. The number of aromatic nitrogens is 1. The fourth-order valence-electron chi connectivity index (χ4n) is 2.36. The lowest BCUT2D eigenvalue weighted by Gasteiger charge is -2.07. The van der Waals surface area contributed by atoms with Crippen LogP contribution in [0.3, 0.4) is 0 Å². The molecule has 0 aliphatic heterocycles. The number of ether oxygens (including phenoxy) is 1. The first kappa shape index (κ1) is 17.9. The minimum absolute atomic E-state index is 0.121. The van der Waals surface area contributed by atoms with Gasteiger partial charge in [0.25, 0.3) is 5.91 Å². The zero-order chi connectivity index (χ0) is 18.5. The number of carbonyl (C=O) groups is 1. The van der Waals surface area contributed by atoms with E-state index < -0.39 is 0 Å². The third-order valence-corrected chi connectivity index (χ3v) is 4.25. The van der Waals surface area contributed by atoms with Crippen LogP contribution in [0.1, 0.15) is 16.7 Å². The summed E-state index contributed by atoms with van der Waals surface area (Å²) in [7, 11) is 0. The molecule has 1 amide bonds. The Kier molecular flexibility index (Phi) is 5.49. The normalized spacial score (nSPS) is 11.0. The fraction of sp³-hybridized carbons (Fsp3) is 0.150. The maximum Gasteiger partial charge on any atom is 0.277 e. The Bertz CT molecular complexity index is 986. The summed E-state index contributed by atoms with van der Waals surface area (Å²) in [5, 5.41) is 5.20. The lowest BCUT2D eigenvalue weighted by Crippen LogP contribution is -2.24. The van der Waals surface area contributed by atoms with Crippen LogP contribution in [-0.4, -0.2) is 23.7 Å². The summed E-state index contributed by atoms with van der Waals surface area (Å²) >= 11 is 6.15. The molecule has 0 bridgehead atoms. The van der Waals surface area contributed by atoms with Crippen LogP contribution in [0.15, 0.2) is 53.6 Å². The number of para-hydroxylation sites is 1. The summed E-state index contributed by atoms with van der Waals surface area (Å²) in [5.74, 6) is 0.290. The van der Waals surface area contributed by atoms with Crippen LogP contribution in [0.25, 0.3) is 10.9 Å². The van der Waals surface area contributed by atoms with Crippen molar-refractivity contribution < 1.29 is 9.53 Å². The molecule has 6 heteroatoms. The number of hydrazone groups is 1. The smallest absolute Gasteiger partial charge is 0.277 e. The average Bonchev–Trinajstić information content (AvgIpc) is 2.63. The zero-order valence-electron chi connectivity index (χ0n) is 14.5. The van der Waals surface area contributed by atoms with Crippen molar-refractivity contribution >= 4 is 34.6 Å². The van der Waals surface area contributed by atoms with E-state index >= 15 is 0 Å². The summed E-state index contributed by atoms with van der Waals surface area (Å²) in [6.45, 7) is 3.89. The maximum atomic E-state index is 11.9. The van der Waals surface area contributed by atoms with Crippen molar-refractivity contribution in [1.82, 2.24) is 10.4 Å². The molecule has 5 nitrogen and oxygen atoms in total. The number of fused-ring (bicyclic) bond motifs is 1. The Balaban J connectivity index is 1.58. The molecule has 3 rings (SSSR count). The molecule has 0 radical (unpaired) electrons. The number of aryl methyl sites for hydroxylation is 2. The number of nitrogens with zero attached hydrogens (tertiary/aromatic N) is 2. The molecule has 0 aliphatic rings. The van der Waals surface area contributed by atoms with E-state index in [1.54, 1.807) is 0 Å². The van der Waals surface area contributed by atoms with Gasteiger partial charge in [-0.2, -0.15) is 5.10 Å². The van der Waals surface area contributed by atoms with Crippen molar-refractivity contribution in [2.75, 3.05) is 6.61 Å². The third kappa shape index (κ3) is 4.37. The van der Waals surface area contributed by atoms with Crippen molar-refractivity contribution in [2.45, 2.75) is 13.8 Å².